The highest BCUT2D eigenvalue weighted by Crippen LogP contribution is 2.60. The van der Waals surface area contributed by atoms with E-state index in [2.05, 4.69) is 21.6 Å². The van der Waals surface area contributed by atoms with Gasteiger partial charge in [-0.15, -0.1) is 11.8 Å². The lowest BCUT2D eigenvalue weighted by Crippen LogP contribution is -2.63. The van der Waals surface area contributed by atoms with E-state index in [1.54, 1.807) is 0 Å². The minimum atomic E-state index is 0.261. The average Bonchev–Trinajstić information content (AvgIpc) is 3.57. The van der Waals surface area contributed by atoms with Crippen LogP contribution in [-0.2, 0) is 9.47 Å². The topological polar surface area (TPSA) is 24.9 Å². The number of likely N-dealkylation sites (tertiary alicyclic amines) is 2. The van der Waals surface area contributed by atoms with Gasteiger partial charge in [-0.3, -0.25) is 9.80 Å². The summed E-state index contributed by atoms with van der Waals surface area (Å²) in [5.41, 5.74) is 0. The summed E-state index contributed by atoms with van der Waals surface area (Å²) < 4.78 is 14.1. The monoisotopic (exact) mass is 504 g/mol. The highest BCUT2D eigenvalue weighted by molar-refractivity contribution is 8.02. The Labute approximate surface area is 219 Å². The van der Waals surface area contributed by atoms with Gasteiger partial charge in [-0.2, -0.15) is 0 Å². The van der Waals surface area contributed by atoms with E-state index in [-0.39, 0.29) is 9.49 Å². The first-order valence-electron chi connectivity index (χ1n) is 15.7. The van der Waals surface area contributed by atoms with Gasteiger partial charge in [0.05, 0.1) is 21.7 Å². The van der Waals surface area contributed by atoms with Crippen LogP contribution in [0.2, 0.25) is 0 Å². The second-order valence-electron chi connectivity index (χ2n) is 12.7. The van der Waals surface area contributed by atoms with E-state index in [1.807, 2.05) is 0 Å². The molecule has 35 heavy (non-hydrogen) atoms. The zero-order valence-electron chi connectivity index (χ0n) is 22.4. The second-order valence-corrected chi connectivity index (χ2v) is 14.5. The van der Waals surface area contributed by atoms with Crippen molar-refractivity contribution < 1.29 is 9.47 Å². The van der Waals surface area contributed by atoms with Gasteiger partial charge < -0.3 is 9.47 Å². The van der Waals surface area contributed by atoms with Crippen molar-refractivity contribution in [1.29, 1.82) is 0 Å². The van der Waals surface area contributed by atoms with Gasteiger partial charge in [0.15, 0.2) is 0 Å². The fourth-order valence-corrected chi connectivity index (χ4v) is 11.8. The van der Waals surface area contributed by atoms with Gasteiger partial charge >= 0.3 is 0 Å². The fourth-order valence-electron chi connectivity index (χ4n) is 9.14. The minimum absolute atomic E-state index is 0.261. The highest BCUT2D eigenvalue weighted by atomic mass is 32.2. The normalized spacial score (nSPS) is 44.6. The van der Waals surface area contributed by atoms with Gasteiger partial charge in [0, 0.05) is 25.3 Å². The first kappa shape index (κ1) is 25.5. The molecule has 4 saturated heterocycles. The summed E-state index contributed by atoms with van der Waals surface area (Å²) in [4.78, 5) is 5.89. The van der Waals surface area contributed by atoms with E-state index < -0.39 is 0 Å². The molecule has 0 spiro atoms. The van der Waals surface area contributed by atoms with Crippen molar-refractivity contribution in [2.45, 2.75) is 149 Å². The van der Waals surface area contributed by atoms with Gasteiger partial charge in [0.25, 0.3) is 0 Å². The molecule has 2 aliphatic carbocycles. The average molecular weight is 505 g/mol. The predicted molar refractivity (Wildman–Crippen MR) is 146 cm³/mol. The van der Waals surface area contributed by atoms with Crippen molar-refractivity contribution in [2.24, 2.45) is 0 Å². The molecular weight excluding hydrogens is 452 g/mol. The van der Waals surface area contributed by atoms with Crippen molar-refractivity contribution in [3.63, 3.8) is 0 Å². The maximum atomic E-state index is 6.81. The third kappa shape index (κ3) is 5.00. The number of rotatable bonds is 6. The maximum Gasteiger partial charge on any atom is 0.0737 e. The summed E-state index contributed by atoms with van der Waals surface area (Å²) in [6.07, 6.45) is 25.5. The van der Waals surface area contributed by atoms with Crippen LogP contribution in [0.15, 0.2) is 0 Å². The molecule has 2 saturated carbocycles. The van der Waals surface area contributed by atoms with E-state index in [0.29, 0.717) is 24.3 Å². The summed E-state index contributed by atoms with van der Waals surface area (Å²) in [6.45, 7) is 7.26. The molecule has 6 unspecified atom stereocenters. The standard InChI is InChI=1S/C30H52N2O2S/c1-5-19-31(20-6-1)25-13-11-17-29(25,27-15-3-9-23-33-27)35-30(28-16-4-10-24-34-28)18-12-14-26(30)32-21-7-2-8-22-32/h25-28H,1-24H2. The smallest absolute Gasteiger partial charge is 0.0737 e. The van der Waals surface area contributed by atoms with Crippen molar-refractivity contribution in [1.82, 2.24) is 9.80 Å². The highest BCUT2D eigenvalue weighted by Gasteiger charge is 2.61. The van der Waals surface area contributed by atoms with Crippen LogP contribution in [0.25, 0.3) is 0 Å². The maximum absolute atomic E-state index is 6.81. The molecular formula is C30H52N2O2S. The Hall–Kier alpha value is 0.190. The fraction of sp³-hybridized carbons (Fsp3) is 1.00. The first-order valence-corrected chi connectivity index (χ1v) is 16.5. The van der Waals surface area contributed by atoms with E-state index in [1.165, 1.54) is 142 Å². The van der Waals surface area contributed by atoms with Crippen LogP contribution in [0, 0.1) is 0 Å². The number of hydrogen-bond acceptors (Lipinski definition) is 5. The molecule has 0 aromatic rings. The predicted octanol–water partition coefficient (Wildman–Crippen LogP) is 6.41. The molecule has 0 radical (unpaired) electrons. The first-order chi connectivity index (χ1) is 17.3. The van der Waals surface area contributed by atoms with Gasteiger partial charge in [-0.05, 0) is 116 Å². The molecule has 6 rings (SSSR count). The molecule has 0 amide bonds. The van der Waals surface area contributed by atoms with Crippen LogP contribution in [-0.4, -0.2) is 83.0 Å². The van der Waals surface area contributed by atoms with Crippen molar-refractivity contribution in [3.05, 3.63) is 0 Å². The molecule has 0 N–H and O–H groups in total. The number of ether oxygens (including phenoxy) is 2. The lowest BCUT2D eigenvalue weighted by atomic mass is 9.87. The molecule has 4 heterocycles. The Morgan fingerprint density at radius 3 is 1.34 bits per heavy atom. The van der Waals surface area contributed by atoms with Crippen LogP contribution in [0.3, 0.4) is 0 Å². The molecule has 4 aliphatic heterocycles. The molecule has 0 aromatic heterocycles. The molecule has 0 bridgehead atoms. The van der Waals surface area contributed by atoms with Crippen molar-refractivity contribution in [3.8, 4) is 0 Å². The van der Waals surface area contributed by atoms with E-state index in [0.717, 1.165) is 13.2 Å². The number of piperidine rings is 2. The molecule has 200 valence electrons. The lowest BCUT2D eigenvalue weighted by Gasteiger charge is -2.56. The van der Waals surface area contributed by atoms with Gasteiger partial charge in [-0.1, -0.05) is 25.7 Å². The zero-order valence-corrected chi connectivity index (χ0v) is 23.2. The Morgan fingerprint density at radius 2 is 0.943 bits per heavy atom. The van der Waals surface area contributed by atoms with Crippen LogP contribution in [0.1, 0.15) is 116 Å². The third-order valence-corrected chi connectivity index (χ3v) is 12.9. The molecule has 4 nitrogen and oxygen atoms in total. The molecule has 6 fully saturated rings. The van der Waals surface area contributed by atoms with Crippen molar-refractivity contribution in [2.75, 3.05) is 39.4 Å². The third-order valence-electron chi connectivity index (χ3n) is 10.7. The number of hydrogen-bond donors (Lipinski definition) is 0. The Kier molecular flexibility index (Phi) is 8.38. The Bertz CT molecular complexity index is 613. The Balaban J connectivity index is 1.37. The molecule has 5 heteroatoms. The summed E-state index contributed by atoms with van der Waals surface area (Å²) in [5.74, 6) is 0. The van der Waals surface area contributed by atoms with Crippen LogP contribution < -0.4 is 0 Å². The number of thioether (sulfide) groups is 1. The quantitative estimate of drug-likeness (QED) is 0.416. The summed E-state index contributed by atoms with van der Waals surface area (Å²) in [5, 5.41) is 0. The SMILES string of the molecule is C1CCN(C2CCCC2(SC2(C3CCCCO3)CCCC2N2CCCCC2)C2CCCCO2)CC1. The van der Waals surface area contributed by atoms with Gasteiger partial charge in [-0.25, -0.2) is 0 Å². The second kappa shape index (κ2) is 11.5. The van der Waals surface area contributed by atoms with E-state index in [4.69, 9.17) is 9.47 Å². The molecule has 6 atom stereocenters. The van der Waals surface area contributed by atoms with E-state index >= 15 is 0 Å². The lowest BCUT2D eigenvalue weighted by molar-refractivity contribution is -0.0386. The minimum Gasteiger partial charge on any atom is -0.377 e. The number of nitrogens with zero attached hydrogens (tertiary/aromatic N) is 2. The van der Waals surface area contributed by atoms with Crippen LogP contribution in [0.5, 0.6) is 0 Å². The Morgan fingerprint density at radius 1 is 0.486 bits per heavy atom. The summed E-state index contributed by atoms with van der Waals surface area (Å²) in [7, 11) is 0. The zero-order chi connectivity index (χ0) is 23.6. The largest absolute Gasteiger partial charge is 0.377 e. The molecule has 0 aromatic carbocycles. The van der Waals surface area contributed by atoms with E-state index in [9.17, 15) is 0 Å². The van der Waals surface area contributed by atoms with Crippen LogP contribution in [0.4, 0.5) is 0 Å². The molecule has 6 aliphatic rings. The summed E-state index contributed by atoms with van der Waals surface area (Å²) >= 11 is 2.49. The summed E-state index contributed by atoms with van der Waals surface area (Å²) in [6, 6.07) is 1.41. The van der Waals surface area contributed by atoms with Crippen molar-refractivity contribution >= 4 is 11.8 Å². The van der Waals surface area contributed by atoms with Gasteiger partial charge in [0.1, 0.15) is 0 Å². The van der Waals surface area contributed by atoms with Gasteiger partial charge in [0.2, 0.25) is 0 Å². The van der Waals surface area contributed by atoms with Crippen LogP contribution >= 0.6 is 11.8 Å².